The lowest BCUT2D eigenvalue weighted by molar-refractivity contribution is -0.142. The van der Waals surface area contributed by atoms with E-state index in [-0.39, 0.29) is 29.1 Å². The molecule has 1 aromatic heterocycles. The predicted molar refractivity (Wildman–Crippen MR) is 76.4 cm³/mol. The molecule has 0 aliphatic rings. The van der Waals surface area contributed by atoms with Crippen LogP contribution in [0.4, 0.5) is 0 Å². The number of hydrogen-bond acceptors (Lipinski definition) is 7. The first-order valence-electron chi connectivity index (χ1n) is 6.36. The van der Waals surface area contributed by atoms with Gasteiger partial charge in [-0.25, -0.2) is 4.57 Å². The lowest BCUT2D eigenvalue weighted by atomic mass is 10.1. The number of carbonyl (C=O) groups is 2. The Morgan fingerprint density at radius 3 is 2.52 bits per heavy atom. The maximum absolute atomic E-state index is 11.3. The highest BCUT2D eigenvalue weighted by atomic mass is 31.2. The number of phosphoric ester groups is 1. The molecule has 0 saturated heterocycles. The van der Waals surface area contributed by atoms with Crippen molar-refractivity contribution in [2.45, 2.75) is 33.0 Å². The average molecular weight is 348 g/mol. The van der Waals surface area contributed by atoms with Crippen LogP contribution < -0.4 is 5.32 Å². The molecule has 0 aromatic carbocycles. The third-order valence-electron chi connectivity index (χ3n) is 2.95. The number of nitrogens with one attached hydrogen (secondary N) is 1. The summed E-state index contributed by atoms with van der Waals surface area (Å²) < 4.78 is 15.1. The molecule has 5 N–H and O–H groups in total. The van der Waals surface area contributed by atoms with E-state index < -0.39 is 32.2 Å². The van der Waals surface area contributed by atoms with Gasteiger partial charge in [0.2, 0.25) is 0 Å². The van der Waals surface area contributed by atoms with Gasteiger partial charge in [-0.3, -0.25) is 24.4 Å². The second kappa shape index (κ2) is 7.62. The van der Waals surface area contributed by atoms with Crippen LogP contribution in [0.25, 0.3) is 0 Å². The highest BCUT2D eigenvalue weighted by Crippen LogP contribution is 2.38. The Hall–Kier alpha value is -1.84. The van der Waals surface area contributed by atoms with E-state index in [2.05, 4.69) is 14.8 Å². The molecule has 1 atom stereocenters. The van der Waals surface area contributed by atoms with Crippen LogP contribution in [-0.2, 0) is 31.8 Å². The van der Waals surface area contributed by atoms with Gasteiger partial charge in [0.1, 0.15) is 5.75 Å². The van der Waals surface area contributed by atoms with Crippen LogP contribution in [0.1, 0.15) is 23.7 Å². The average Bonchev–Trinajstić information content (AvgIpc) is 2.40. The van der Waals surface area contributed by atoms with Crippen LogP contribution in [0.5, 0.6) is 5.75 Å². The zero-order valence-electron chi connectivity index (χ0n) is 12.4. The minimum atomic E-state index is -4.73. The Balaban J connectivity index is 3.03. The van der Waals surface area contributed by atoms with Gasteiger partial charge in [0.15, 0.2) is 11.8 Å². The van der Waals surface area contributed by atoms with Crippen LogP contribution >= 0.6 is 7.82 Å². The first-order chi connectivity index (χ1) is 10.5. The van der Waals surface area contributed by atoms with E-state index in [9.17, 15) is 19.3 Å². The lowest BCUT2D eigenvalue weighted by Crippen LogP contribution is -2.42. The number of nitrogens with zero attached hydrogens (tertiary/aromatic N) is 1. The second-order valence-corrected chi connectivity index (χ2v) is 5.96. The normalized spacial score (nSPS) is 12.9. The number of pyridine rings is 1. The highest BCUT2D eigenvalue weighted by molar-refractivity contribution is 7.46. The van der Waals surface area contributed by atoms with Crippen molar-refractivity contribution in [3.63, 3.8) is 0 Å². The van der Waals surface area contributed by atoms with Gasteiger partial charge < -0.3 is 20.0 Å². The summed E-state index contributed by atoms with van der Waals surface area (Å²) >= 11 is 0. The number of aromatic hydroxyl groups is 1. The number of hydrogen-bond donors (Lipinski definition) is 5. The Morgan fingerprint density at radius 2 is 2.04 bits per heavy atom. The van der Waals surface area contributed by atoms with Gasteiger partial charge in [0.05, 0.1) is 12.3 Å². The fourth-order valence-corrected chi connectivity index (χ4v) is 2.08. The number of carboxylic acid groups (broad SMARTS) is 1. The highest BCUT2D eigenvalue weighted by Gasteiger charge is 2.24. The molecule has 0 unspecified atom stereocenters. The SMILES string of the molecule is CC(=O)[C@H](NCc1c(COP(=O)(O)O)cnc(C)c1O)C(=O)O. The van der Waals surface area contributed by atoms with Crippen molar-refractivity contribution in [2.75, 3.05) is 0 Å². The van der Waals surface area contributed by atoms with Crippen LogP contribution in [0.2, 0.25) is 0 Å². The van der Waals surface area contributed by atoms with E-state index in [0.29, 0.717) is 0 Å². The van der Waals surface area contributed by atoms with Crippen LogP contribution in [0.3, 0.4) is 0 Å². The minimum Gasteiger partial charge on any atom is -0.506 e. The summed E-state index contributed by atoms with van der Waals surface area (Å²) in [6.07, 6.45) is 1.24. The molecule has 0 fully saturated rings. The topological polar surface area (TPSA) is 166 Å². The number of phosphoric acid groups is 1. The molecule has 23 heavy (non-hydrogen) atoms. The van der Waals surface area contributed by atoms with Crippen LogP contribution in [-0.4, -0.2) is 42.8 Å². The van der Waals surface area contributed by atoms with Crippen molar-refractivity contribution in [3.8, 4) is 5.75 Å². The minimum absolute atomic E-state index is 0.137. The number of Topliss-reactive ketones (excluding diaryl/α,β-unsaturated/α-hetero) is 1. The predicted octanol–water partition coefficient (Wildman–Crippen LogP) is -0.163. The van der Waals surface area contributed by atoms with Crippen molar-refractivity contribution in [1.29, 1.82) is 0 Å². The third-order valence-corrected chi connectivity index (χ3v) is 3.42. The van der Waals surface area contributed by atoms with Gasteiger partial charge in [-0.05, 0) is 13.8 Å². The molecule has 0 spiro atoms. The number of rotatable bonds is 8. The Kier molecular flexibility index (Phi) is 6.37. The summed E-state index contributed by atoms with van der Waals surface area (Å²) in [6, 6.07) is -1.47. The standard InChI is InChI=1S/C12H17N2O8P/c1-6-11(16)9(4-14-10(7(2)15)12(17)18)8(3-13-6)5-22-23(19,20)21/h3,10,14,16H,4-5H2,1-2H3,(H,17,18)(H2,19,20,21)/t10-/m0/s1. The Labute approximate surface area is 131 Å². The molecule has 128 valence electrons. The molecule has 1 aromatic rings. The zero-order chi connectivity index (χ0) is 17.8. The van der Waals surface area contributed by atoms with Crippen molar-refractivity contribution >= 4 is 19.6 Å². The number of aromatic nitrogens is 1. The maximum atomic E-state index is 11.3. The van der Waals surface area contributed by atoms with E-state index in [1.54, 1.807) is 0 Å². The molecule has 0 radical (unpaired) electrons. The lowest BCUT2D eigenvalue weighted by Gasteiger charge is -2.16. The summed E-state index contributed by atoms with van der Waals surface area (Å²) in [4.78, 5) is 43.5. The fourth-order valence-electron chi connectivity index (χ4n) is 1.77. The molecule has 1 rings (SSSR count). The van der Waals surface area contributed by atoms with E-state index in [1.807, 2.05) is 0 Å². The van der Waals surface area contributed by atoms with E-state index in [4.69, 9.17) is 14.9 Å². The number of carbonyl (C=O) groups excluding carboxylic acids is 1. The zero-order valence-corrected chi connectivity index (χ0v) is 13.3. The van der Waals surface area contributed by atoms with Crippen molar-refractivity contribution in [2.24, 2.45) is 0 Å². The summed E-state index contributed by atoms with van der Waals surface area (Å²) in [6.45, 7) is 1.82. The number of aliphatic carboxylic acids is 1. The number of ketones is 1. The molecule has 1 heterocycles. The van der Waals surface area contributed by atoms with Crippen molar-refractivity contribution in [3.05, 3.63) is 23.0 Å². The van der Waals surface area contributed by atoms with Gasteiger partial charge in [0, 0.05) is 23.9 Å². The molecule has 0 saturated carbocycles. The van der Waals surface area contributed by atoms with Gasteiger partial charge >= 0.3 is 13.8 Å². The molecular weight excluding hydrogens is 331 g/mol. The molecular formula is C12H17N2O8P. The van der Waals surface area contributed by atoms with Gasteiger partial charge in [-0.1, -0.05) is 0 Å². The first-order valence-corrected chi connectivity index (χ1v) is 7.89. The summed E-state index contributed by atoms with van der Waals surface area (Å²) in [5, 5.41) is 21.4. The third kappa shape index (κ3) is 5.70. The second-order valence-electron chi connectivity index (χ2n) is 4.72. The largest absolute Gasteiger partial charge is 0.506 e. The fraction of sp³-hybridized carbons (Fsp3) is 0.417. The molecule has 11 heteroatoms. The van der Waals surface area contributed by atoms with Gasteiger partial charge in [-0.2, -0.15) is 0 Å². The maximum Gasteiger partial charge on any atom is 0.469 e. The number of carboxylic acids is 1. The summed E-state index contributed by atoms with van der Waals surface area (Å²) in [5.74, 6) is -2.29. The quantitative estimate of drug-likeness (QED) is 0.314. The van der Waals surface area contributed by atoms with Crippen molar-refractivity contribution < 1.29 is 38.7 Å². The Bertz CT molecular complexity index is 643. The van der Waals surface area contributed by atoms with Crippen LogP contribution in [0, 0.1) is 6.92 Å². The summed E-state index contributed by atoms with van der Waals surface area (Å²) in [7, 11) is -4.73. The molecule has 0 amide bonds. The molecule has 10 nitrogen and oxygen atoms in total. The Morgan fingerprint density at radius 1 is 1.43 bits per heavy atom. The first kappa shape index (κ1) is 19.2. The monoisotopic (exact) mass is 348 g/mol. The van der Waals surface area contributed by atoms with E-state index >= 15 is 0 Å². The van der Waals surface area contributed by atoms with E-state index in [1.165, 1.54) is 13.1 Å². The van der Waals surface area contributed by atoms with Crippen LogP contribution in [0.15, 0.2) is 6.20 Å². The van der Waals surface area contributed by atoms with Crippen molar-refractivity contribution in [1.82, 2.24) is 10.3 Å². The van der Waals surface area contributed by atoms with E-state index in [0.717, 1.165) is 6.92 Å². The molecule has 0 aliphatic heterocycles. The molecule has 0 aliphatic carbocycles. The number of aryl methyl sites for hydroxylation is 1. The van der Waals surface area contributed by atoms with Gasteiger partial charge in [0.25, 0.3) is 0 Å². The van der Waals surface area contributed by atoms with Gasteiger partial charge in [-0.15, -0.1) is 0 Å². The molecule has 0 bridgehead atoms. The summed E-state index contributed by atoms with van der Waals surface area (Å²) in [5.41, 5.74) is 0.520. The smallest absolute Gasteiger partial charge is 0.469 e.